The van der Waals surface area contributed by atoms with Gasteiger partial charge in [0.05, 0.1) is 24.7 Å². The summed E-state index contributed by atoms with van der Waals surface area (Å²) in [4.78, 5) is 12.0. The van der Waals surface area contributed by atoms with Crippen molar-refractivity contribution >= 4 is 17.6 Å². The molecular weight excluding hydrogens is 304 g/mol. The molecule has 0 atom stereocenters. The number of hydrogen-bond donors (Lipinski definition) is 1. The molecule has 1 saturated carbocycles. The lowest BCUT2D eigenvalue weighted by atomic mass is 9.74. The summed E-state index contributed by atoms with van der Waals surface area (Å²) >= 11 is 6.54. The molecule has 1 aliphatic carbocycles. The molecule has 0 saturated heterocycles. The highest BCUT2D eigenvalue weighted by atomic mass is 35.5. The third kappa shape index (κ3) is 2.54. The van der Waals surface area contributed by atoms with Crippen LogP contribution < -0.4 is 9.47 Å². The zero-order valence-electron chi connectivity index (χ0n) is 13.5. The lowest BCUT2D eigenvalue weighted by Gasteiger charge is -2.30. The average molecular weight is 327 g/mol. The fraction of sp³-hybridized carbons (Fsp3) is 0.588. The molecule has 0 unspecified atom stereocenters. The number of carbonyl (C=O) groups is 1. The molecule has 0 heterocycles. The highest BCUT2D eigenvalue weighted by molar-refractivity contribution is 6.33. The average Bonchev–Trinajstić information content (AvgIpc) is 2.96. The second-order valence-electron chi connectivity index (χ2n) is 6.14. The summed E-state index contributed by atoms with van der Waals surface area (Å²) in [5, 5.41) is 10.3. The smallest absolute Gasteiger partial charge is 0.314 e. The van der Waals surface area contributed by atoms with Gasteiger partial charge in [0.2, 0.25) is 0 Å². The van der Waals surface area contributed by atoms with Gasteiger partial charge in [-0.25, -0.2) is 0 Å². The van der Waals surface area contributed by atoms with Crippen LogP contribution in [0.5, 0.6) is 11.5 Å². The zero-order chi connectivity index (χ0) is 16.5. The van der Waals surface area contributed by atoms with E-state index in [1.165, 1.54) is 14.2 Å². The predicted molar refractivity (Wildman–Crippen MR) is 86.4 cm³/mol. The van der Waals surface area contributed by atoms with Gasteiger partial charge in [-0.15, -0.1) is 0 Å². The number of carboxylic acid groups (broad SMARTS) is 1. The van der Waals surface area contributed by atoms with Crippen molar-refractivity contribution in [3.63, 3.8) is 0 Å². The Hall–Kier alpha value is -1.42. The van der Waals surface area contributed by atoms with Gasteiger partial charge in [-0.3, -0.25) is 4.79 Å². The third-order valence-corrected chi connectivity index (χ3v) is 4.98. The van der Waals surface area contributed by atoms with E-state index in [1.807, 2.05) is 13.8 Å². The van der Waals surface area contributed by atoms with Gasteiger partial charge in [0.1, 0.15) is 0 Å². The summed E-state index contributed by atoms with van der Waals surface area (Å²) in [6.45, 7) is 4.03. The molecule has 0 spiro atoms. The van der Waals surface area contributed by atoms with E-state index in [0.29, 0.717) is 29.4 Å². The lowest BCUT2D eigenvalue weighted by molar-refractivity contribution is -0.143. The maximum Gasteiger partial charge on any atom is 0.314 e. The summed E-state index contributed by atoms with van der Waals surface area (Å²) in [7, 11) is 3.07. The molecule has 1 aromatic rings. The van der Waals surface area contributed by atoms with Crippen LogP contribution in [0.25, 0.3) is 0 Å². The van der Waals surface area contributed by atoms with Crippen molar-refractivity contribution in [2.45, 2.75) is 50.9 Å². The van der Waals surface area contributed by atoms with Gasteiger partial charge in [0, 0.05) is 0 Å². The van der Waals surface area contributed by atoms with Crippen molar-refractivity contribution in [1.82, 2.24) is 0 Å². The highest BCUT2D eigenvalue weighted by Crippen LogP contribution is 2.50. The first-order chi connectivity index (χ1) is 10.4. The molecule has 1 aliphatic rings. The van der Waals surface area contributed by atoms with Crippen LogP contribution in [0.2, 0.25) is 5.02 Å². The molecule has 0 amide bonds. The first-order valence-electron chi connectivity index (χ1n) is 7.57. The Morgan fingerprint density at radius 3 is 2.27 bits per heavy atom. The Bertz CT molecular complexity index is 575. The number of carboxylic acids is 1. The van der Waals surface area contributed by atoms with Crippen LogP contribution >= 0.6 is 11.6 Å². The Kier molecular flexibility index (Phi) is 4.90. The monoisotopic (exact) mass is 326 g/mol. The number of hydrogen-bond acceptors (Lipinski definition) is 3. The van der Waals surface area contributed by atoms with Crippen molar-refractivity contribution < 1.29 is 19.4 Å². The highest BCUT2D eigenvalue weighted by Gasteiger charge is 2.45. The summed E-state index contributed by atoms with van der Waals surface area (Å²) in [6.07, 6.45) is 3.09. The van der Waals surface area contributed by atoms with Crippen molar-refractivity contribution in [1.29, 1.82) is 0 Å². The minimum absolute atomic E-state index is 0.0964. The molecule has 1 fully saturated rings. The summed E-state index contributed by atoms with van der Waals surface area (Å²) in [6, 6.07) is 1.81. The molecule has 4 nitrogen and oxygen atoms in total. The van der Waals surface area contributed by atoms with Gasteiger partial charge in [-0.1, -0.05) is 38.3 Å². The van der Waals surface area contributed by atoms with E-state index in [0.717, 1.165) is 24.0 Å². The fourth-order valence-corrected chi connectivity index (χ4v) is 3.99. The second-order valence-corrected chi connectivity index (χ2v) is 6.51. The molecule has 0 bridgehead atoms. The maximum atomic E-state index is 12.0. The Morgan fingerprint density at radius 1 is 1.27 bits per heavy atom. The molecule has 1 aromatic carbocycles. The number of ether oxygens (including phenoxy) is 2. The SMILES string of the molecule is COc1cc(C2(C(=O)O)CCCC2)c(C(C)C)c(Cl)c1OC. The minimum atomic E-state index is -0.872. The standard InChI is InChI=1S/C17H23ClO4/c1-10(2)13-11(17(16(19)20)7-5-6-8-17)9-12(21-3)15(22-4)14(13)18/h9-10H,5-8H2,1-4H3,(H,19,20). The zero-order valence-corrected chi connectivity index (χ0v) is 14.3. The van der Waals surface area contributed by atoms with Gasteiger partial charge in [-0.05, 0) is 36.0 Å². The number of methoxy groups -OCH3 is 2. The molecule has 0 radical (unpaired) electrons. The molecule has 2 rings (SSSR count). The van der Waals surface area contributed by atoms with E-state index in [9.17, 15) is 9.90 Å². The lowest BCUT2D eigenvalue weighted by Crippen LogP contribution is -2.34. The Labute approximate surface area is 136 Å². The normalized spacial score (nSPS) is 16.8. The molecular formula is C17H23ClO4. The van der Waals surface area contributed by atoms with E-state index in [1.54, 1.807) is 6.07 Å². The number of rotatable bonds is 5. The molecule has 0 aliphatic heterocycles. The molecule has 122 valence electrons. The van der Waals surface area contributed by atoms with Gasteiger partial charge in [0.25, 0.3) is 0 Å². The summed E-state index contributed by atoms with van der Waals surface area (Å²) in [5.41, 5.74) is 0.752. The second kappa shape index (κ2) is 6.37. The first-order valence-corrected chi connectivity index (χ1v) is 7.95. The minimum Gasteiger partial charge on any atom is -0.493 e. The van der Waals surface area contributed by atoms with Crippen molar-refractivity contribution in [3.8, 4) is 11.5 Å². The van der Waals surface area contributed by atoms with Crippen LogP contribution in [0, 0.1) is 0 Å². The van der Waals surface area contributed by atoms with Gasteiger partial charge in [0.15, 0.2) is 11.5 Å². The number of benzene rings is 1. The maximum absolute atomic E-state index is 12.0. The Morgan fingerprint density at radius 2 is 1.86 bits per heavy atom. The van der Waals surface area contributed by atoms with Crippen LogP contribution in [0.1, 0.15) is 56.6 Å². The van der Waals surface area contributed by atoms with Crippen LogP contribution in [0.15, 0.2) is 6.07 Å². The van der Waals surface area contributed by atoms with Crippen molar-refractivity contribution in [2.24, 2.45) is 0 Å². The van der Waals surface area contributed by atoms with Crippen molar-refractivity contribution in [2.75, 3.05) is 14.2 Å². The Balaban J connectivity index is 2.79. The van der Waals surface area contributed by atoms with Crippen LogP contribution in [0.4, 0.5) is 0 Å². The van der Waals surface area contributed by atoms with Crippen LogP contribution in [0.3, 0.4) is 0 Å². The van der Waals surface area contributed by atoms with Crippen molar-refractivity contribution in [3.05, 3.63) is 22.2 Å². The number of halogens is 1. The number of aliphatic carboxylic acids is 1. The van der Waals surface area contributed by atoms with Gasteiger partial charge < -0.3 is 14.6 Å². The molecule has 22 heavy (non-hydrogen) atoms. The fourth-order valence-electron chi connectivity index (χ4n) is 3.50. The summed E-state index contributed by atoms with van der Waals surface area (Å²) < 4.78 is 10.7. The van der Waals surface area contributed by atoms with Crippen LogP contribution in [-0.2, 0) is 10.2 Å². The first kappa shape index (κ1) is 16.9. The topological polar surface area (TPSA) is 55.8 Å². The van der Waals surface area contributed by atoms with E-state index in [4.69, 9.17) is 21.1 Å². The third-order valence-electron chi connectivity index (χ3n) is 4.61. The predicted octanol–water partition coefficient (Wildman–Crippen LogP) is 4.38. The van der Waals surface area contributed by atoms with Gasteiger partial charge >= 0.3 is 5.97 Å². The molecule has 0 aromatic heterocycles. The quantitative estimate of drug-likeness (QED) is 0.872. The van der Waals surface area contributed by atoms with E-state index >= 15 is 0 Å². The van der Waals surface area contributed by atoms with Crippen LogP contribution in [-0.4, -0.2) is 25.3 Å². The molecule has 5 heteroatoms. The van der Waals surface area contributed by atoms with E-state index < -0.39 is 11.4 Å². The largest absolute Gasteiger partial charge is 0.493 e. The molecule has 1 N–H and O–H groups in total. The van der Waals surface area contributed by atoms with E-state index in [2.05, 4.69) is 0 Å². The van der Waals surface area contributed by atoms with E-state index in [-0.39, 0.29) is 5.92 Å². The van der Waals surface area contributed by atoms with Gasteiger partial charge in [-0.2, -0.15) is 0 Å². The summed E-state index contributed by atoms with van der Waals surface area (Å²) in [5.74, 6) is 0.267.